The molecule has 26 heavy (non-hydrogen) atoms. The van der Waals surface area contributed by atoms with Gasteiger partial charge >= 0.3 is 0 Å². The van der Waals surface area contributed by atoms with Crippen LogP contribution in [0.25, 0.3) is 10.2 Å². The first-order valence-corrected chi connectivity index (χ1v) is 9.52. The summed E-state index contributed by atoms with van der Waals surface area (Å²) in [6, 6.07) is 13.5. The normalized spacial score (nSPS) is 14.7. The maximum absolute atomic E-state index is 12.6. The first-order chi connectivity index (χ1) is 12.7. The van der Waals surface area contributed by atoms with Gasteiger partial charge in [0.15, 0.2) is 5.13 Å². The molecule has 0 aliphatic carbocycles. The van der Waals surface area contributed by atoms with Crippen LogP contribution in [0.4, 0.5) is 5.13 Å². The van der Waals surface area contributed by atoms with Gasteiger partial charge in [0.05, 0.1) is 11.8 Å². The fourth-order valence-corrected chi connectivity index (χ4v) is 4.37. The van der Waals surface area contributed by atoms with Gasteiger partial charge in [0.2, 0.25) is 0 Å². The third-order valence-corrected chi connectivity index (χ3v) is 6.02. The van der Waals surface area contributed by atoms with Crippen molar-refractivity contribution >= 4 is 32.6 Å². The number of nitrogens with zero attached hydrogens (tertiary/aromatic N) is 3. The number of anilines is 1. The highest BCUT2D eigenvalue weighted by Crippen LogP contribution is 2.36. The van der Waals surface area contributed by atoms with E-state index in [4.69, 9.17) is 9.72 Å². The Morgan fingerprint density at radius 2 is 1.81 bits per heavy atom. The number of rotatable bonds is 3. The Hall–Kier alpha value is -2.60. The molecule has 0 saturated carbocycles. The van der Waals surface area contributed by atoms with Gasteiger partial charge in [-0.1, -0.05) is 35.6 Å². The molecule has 0 atom stereocenters. The molecule has 0 N–H and O–H groups in total. The first kappa shape index (κ1) is 16.8. The molecule has 1 aliphatic rings. The number of fused-ring (bicyclic) bond motifs is 1. The van der Waals surface area contributed by atoms with Crippen molar-refractivity contribution < 1.29 is 9.53 Å². The maximum Gasteiger partial charge on any atom is 0.253 e. The van der Waals surface area contributed by atoms with Crippen LogP contribution in [0.5, 0.6) is 5.75 Å². The van der Waals surface area contributed by atoms with E-state index in [1.165, 1.54) is 10.3 Å². The molecule has 1 amide bonds. The second-order valence-corrected chi connectivity index (χ2v) is 7.38. The summed E-state index contributed by atoms with van der Waals surface area (Å²) < 4.78 is 6.62. The minimum Gasteiger partial charge on any atom is -0.494 e. The fourth-order valence-electron chi connectivity index (χ4n) is 3.26. The average Bonchev–Trinajstić information content (AvgIpc) is 3.15. The maximum atomic E-state index is 12.6. The highest BCUT2D eigenvalue weighted by Gasteiger charge is 2.24. The number of carbonyl (C=O) groups excluding carboxylic acids is 1. The van der Waals surface area contributed by atoms with Gasteiger partial charge in [-0.2, -0.15) is 0 Å². The van der Waals surface area contributed by atoms with Gasteiger partial charge in [-0.15, -0.1) is 0 Å². The van der Waals surface area contributed by atoms with Gasteiger partial charge in [0.25, 0.3) is 5.91 Å². The minimum absolute atomic E-state index is 0.104. The molecule has 4 rings (SSSR count). The number of hydrogen-bond acceptors (Lipinski definition) is 5. The van der Waals surface area contributed by atoms with Crippen molar-refractivity contribution in [3.05, 3.63) is 53.6 Å². The van der Waals surface area contributed by atoms with Crippen molar-refractivity contribution in [3.63, 3.8) is 0 Å². The summed E-state index contributed by atoms with van der Waals surface area (Å²) in [4.78, 5) is 21.6. The summed E-state index contributed by atoms with van der Waals surface area (Å²) in [6.45, 7) is 5.10. The van der Waals surface area contributed by atoms with Crippen molar-refractivity contribution in [1.82, 2.24) is 9.88 Å². The van der Waals surface area contributed by atoms with E-state index in [1.807, 2.05) is 41.3 Å². The molecular formula is C20H21N3O2S. The smallest absolute Gasteiger partial charge is 0.253 e. The summed E-state index contributed by atoms with van der Waals surface area (Å²) in [7, 11) is 1.68. The molecule has 1 saturated heterocycles. The van der Waals surface area contributed by atoms with Crippen molar-refractivity contribution in [2.24, 2.45) is 0 Å². The molecule has 5 nitrogen and oxygen atoms in total. The number of carbonyl (C=O) groups is 1. The van der Waals surface area contributed by atoms with Crippen LogP contribution in [0.1, 0.15) is 15.9 Å². The Bertz CT molecular complexity index is 931. The van der Waals surface area contributed by atoms with E-state index < -0.39 is 0 Å². The van der Waals surface area contributed by atoms with E-state index >= 15 is 0 Å². The minimum atomic E-state index is 0.104. The summed E-state index contributed by atoms with van der Waals surface area (Å²) in [6.07, 6.45) is 0. The van der Waals surface area contributed by atoms with Crippen LogP contribution < -0.4 is 9.64 Å². The number of aromatic nitrogens is 1. The quantitative estimate of drug-likeness (QED) is 0.710. The molecule has 2 heterocycles. The predicted octanol–water partition coefficient (Wildman–Crippen LogP) is 3.58. The SMILES string of the molecule is COc1ccc(C)c2sc(N3CCN(C(=O)c4ccccc4)CC3)nc12. The van der Waals surface area contributed by atoms with E-state index in [9.17, 15) is 4.79 Å². The van der Waals surface area contributed by atoms with E-state index in [0.717, 1.165) is 35.1 Å². The molecule has 0 unspecified atom stereocenters. The molecule has 134 valence electrons. The zero-order chi connectivity index (χ0) is 18.1. The number of hydrogen-bond donors (Lipinski definition) is 0. The molecule has 0 bridgehead atoms. The highest BCUT2D eigenvalue weighted by molar-refractivity contribution is 7.22. The van der Waals surface area contributed by atoms with Crippen LogP contribution in [0, 0.1) is 6.92 Å². The van der Waals surface area contributed by atoms with Crippen molar-refractivity contribution in [2.75, 3.05) is 38.2 Å². The number of thiazole rings is 1. The Balaban J connectivity index is 1.51. The largest absolute Gasteiger partial charge is 0.494 e. The molecule has 1 fully saturated rings. The molecule has 3 aromatic rings. The Labute approximate surface area is 156 Å². The van der Waals surface area contributed by atoms with E-state index in [-0.39, 0.29) is 5.91 Å². The molecule has 2 aromatic carbocycles. The van der Waals surface area contributed by atoms with Crippen LogP contribution in [0.2, 0.25) is 0 Å². The molecule has 1 aromatic heterocycles. The number of amides is 1. The summed E-state index contributed by atoms with van der Waals surface area (Å²) in [5, 5.41) is 0.999. The average molecular weight is 367 g/mol. The molecule has 6 heteroatoms. The van der Waals surface area contributed by atoms with Crippen molar-refractivity contribution in [3.8, 4) is 5.75 Å². The zero-order valence-corrected chi connectivity index (χ0v) is 15.8. The number of ether oxygens (including phenoxy) is 1. The monoisotopic (exact) mass is 367 g/mol. The van der Waals surface area contributed by atoms with E-state index in [0.29, 0.717) is 13.1 Å². The summed E-state index contributed by atoms with van der Waals surface area (Å²) in [5.41, 5.74) is 2.89. The van der Waals surface area contributed by atoms with Gasteiger partial charge in [-0.25, -0.2) is 4.98 Å². The lowest BCUT2D eigenvalue weighted by Gasteiger charge is -2.34. The zero-order valence-electron chi connectivity index (χ0n) is 14.9. The van der Waals surface area contributed by atoms with Gasteiger partial charge < -0.3 is 14.5 Å². The van der Waals surface area contributed by atoms with Gasteiger partial charge in [-0.3, -0.25) is 4.79 Å². The lowest BCUT2D eigenvalue weighted by atomic mass is 10.2. The first-order valence-electron chi connectivity index (χ1n) is 8.71. The van der Waals surface area contributed by atoms with Crippen molar-refractivity contribution in [1.29, 1.82) is 0 Å². The van der Waals surface area contributed by atoms with E-state index in [2.05, 4.69) is 17.9 Å². The standard InChI is InChI=1S/C20H21N3O2S/c1-14-8-9-16(25-2)17-18(14)26-20(21-17)23-12-10-22(11-13-23)19(24)15-6-4-3-5-7-15/h3-9H,10-13H2,1-2H3. The van der Waals surface area contributed by atoms with Crippen LogP contribution in [0.15, 0.2) is 42.5 Å². The molecule has 0 spiro atoms. The van der Waals surface area contributed by atoms with Gasteiger partial charge in [-0.05, 0) is 30.7 Å². The summed E-state index contributed by atoms with van der Waals surface area (Å²) >= 11 is 1.70. The second kappa shape index (κ2) is 6.96. The Morgan fingerprint density at radius 1 is 1.08 bits per heavy atom. The molecule has 0 radical (unpaired) electrons. The number of piperazine rings is 1. The summed E-state index contributed by atoms with van der Waals surface area (Å²) in [5.74, 6) is 0.915. The topological polar surface area (TPSA) is 45.7 Å². The predicted molar refractivity (Wildman–Crippen MR) is 105 cm³/mol. The van der Waals surface area contributed by atoms with Crippen LogP contribution >= 0.6 is 11.3 Å². The van der Waals surface area contributed by atoms with Crippen LogP contribution in [0.3, 0.4) is 0 Å². The van der Waals surface area contributed by atoms with Crippen molar-refractivity contribution in [2.45, 2.75) is 6.92 Å². The van der Waals surface area contributed by atoms with Gasteiger partial charge in [0.1, 0.15) is 11.3 Å². The number of aryl methyl sites for hydroxylation is 1. The lowest BCUT2D eigenvalue weighted by Crippen LogP contribution is -2.48. The fraction of sp³-hybridized carbons (Fsp3) is 0.300. The molecular weight excluding hydrogens is 346 g/mol. The Morgan fingerprint density at radius 3 is 2.50 bits per heavy atom. The van der Waals surface area contributed by atoms with Crippen LogP contribution in [-0.4, -0.2) is 49.1 Å². The lowest BCUT2D eigenvalue weighted by molar-refractivity contribution is 0.0747. The van der Waals surface area contributed by atoms with E-state index in [1.54, 1.807) is 18.4 Å². The third kappa shape index (κ3) is 3.01. The Kier molecular flexibility index (Phi) is 4.51. The number of methoxy groups -OCH3 is 1. The number of benzene rings is 2. The molecule has 1 aliphatic heterocycles. The second-order valence-electron chi connectivity index (χ2n) is 6.40. The third-order valence-electron chi connectivity index (χ3n) is 4.77. The van der Waals surface area contributed by atoms with Gasteiger partial charge in [0, 0.05) is 31.7 Å². The highest BCUT2D eigenvalue weighted by atomic mass is 32.1. The van der Waals surface area contributed by atoms with Crippen LogP contribution in [-0.2, 0) is 0 Å².